The molecule has 1 radical (unpaired) electrons. The first-order valence-electron chi connectivity index (χ1n) is 9.43. The van der Waals surface area contributed by atoms with Crippen LogP contribution >= 0.6 is 0 Å². The molecule has 2 fully saturated rings. The van der Waals surface area contributed by atoms with Crippen LogP contribution in [-0.2, 0) is 39.7 Å². The van der Waals surface area contributed by atoms with Crippen molar-refractivity contribution in [3.8, 4) is 0 Å². The molecule has 2 unspecified atom stereocenters. The Morgan fingerprint density at radius 3 is 1.66 bits per heavy atom. The molecule has 0 bridgehead atoms. The number of nitrogens with zero attached hydrogens (tertiary/aromatic N) is 3. The predicted molar refractivity (Wildman–Crippen MR) is 103 cm³/mol. The maximum Gasteiger partial charge on any atom is 2.00 e. The molecule has 10 heteroatoms. The Morgan fingerprint density at radius 2 is 1.28 bits per heavy atom. The number of piperidine rings is 2. The number of pyridine rings is 1. The summed E-state index contributed by atoms with van der Waals surface area (Å²) in [4.78, 5) is 31.6. The van der Waals surface area contributed by atoms with Gasteiger partial charge in [-0.25, -0.2) is 0 Å². The number of carboxylic acid groups (broad SMARTS) is 2. The Kier molecular flexibility index (Phi) is 12.2. The Bertz CT molecular complexity index is 611. The van der Waals surface area contributed by atoms with Gasteiger partial charge in [-0.15, -0.1) is 0 Å². The first kappa shape index (κ1) is 27.4. The molecule has 2 atom stereocenters. The number of aliphatic carboxylic acids is 2. The topological polar surface area (TPSA) is 157 Å². The third-order valence-electron chi connectivity index (χ3n) is 5.39. The molecule has 2 saturated heterocycles. The minimum atomic E-state index is -0.765. The molecule has 0 saturated carbocycles. The van der Waals surface area contributed by atoms with Gasteiger partial charge in [0, 0.05) is 13.1 Å². The largest absolute Gasteiger partial charge is 2.00 e. The van der Waals surface area contributed by atoms with Gasteiger partial charge in [-0.2, -0.15) is 0 Å². The van der Waals surface area contributed by atoms with Crippen LogP contribution in [0.25, 0.3) is 0 Å². The van der Waals surface area contributed by atoms with E-state index in [0.29, 0.717) is 25.9 Å². The van der Waals surface area contributed by atoms with Crippen LogP contribution in [0.5, 0.6) is 0 Å². The molecule has 0 aliphatic carbocycles. The first-order valence-corrected chi connectivity index (χ1v) is 9.43. The second-order valence-electron chi connectivity index (χ2n) is 7.26. The molecule has 163 valence electrons. The predicted octanol–water partition coefficient (Wildman–Crippen LogP) is 0.308. The summed E-state index contributed by atoms with van der Waals surface area (Å²) in [5.41, 5.74) is 1.69. The fraction of sp³-hybridized carbons (Fsp3) is 0.632. The molecular weight excluding hydrogens is 421 g/mol. The molecule has 0 spiro atoms. The second kappa shape index (κ2) is 12.9. The molecule has 2 aliphatic heterocycles. The molecule has 1 aromatic rings. The van der Waals surface area contributed by atoms with E-state index in [1.54, 1.807) is 0 Å². The van der Waals surface area contributed by atoms with E-state index < -0.39 is 24.0 Å². The minimum absolute atomic E-state index is 0. The van der Waals surface area contributed by atoms with Crippen molar-refractivity contribution >= 4 is 11.9 Å². The summed E-state index contributed by atoms with van der Waals surface area (Å²) in [6.07, 6.45) is 5.29. The summed E-state index contributed by atoms with van der Waals surface area (Å²) < 4.78 is 0. The molecule has 0 amide bonds. The molecule has 3 rings (SSSR count). The summed E-state index contributed by atoms with van der Waals surface area (Å²) >= 11 is 0. The summed E-state index contributed by atoms with van der Waals surface area (Å²) in [6.45, 7) is 2.59. The summed E-state index contributed by atoms with van der Waals surface area (Å²) in [7, 11) is 0. The third kappa shape index (κ3) is 7.33. The summed E-state index contributed by atoms with van der Waals surface area (Å²) in [5.74, 6) is -1.53. The van der Waals surface area contributed by atoms with Crippen LogP contribution in [0.1, 0.15) is 49.9 Å². The standard InChI is InChI=1S/C19H27N3O4.Mn.2H2O/c23-18(24)16-8-1-3-10-21(16)12-14-6-5-7-15(20-14)13-22-11-4-2-9-17(22)19(25)26;;;/h5-7,16-17H,1-4,8-13H2,(H,23,24)(H,25,26);;2*1H2/q;+2;;. The monoisotopic (exact) mass is 452 g/mol. The third-order valence-corrected chi connectivity index (χ3v) is 5.39. The second-order valence-corrected chi connectivity index (χ2v) is 7.26. The van der Waals surface area contributed by atoms with Gasteiger partial charge in [0.15, 0.2) is 0 Å². The van der Waals surface area contributed by atoms with Gasteiger partial charge in [-0.05, 0) is 50.9 Å². The van der Waals surface area contributed by atoms with Gasteiger partial charge in [0.1, 0.15) is 12.1 Å². The number of aromatic nitrogens is 1. The van der Waals surface area contributed by atoms with Gasteiger partial charge in [-0.3, -0.25) is 24.4 Å². The Morgan fingerprint density at radius 1 is 0.862 bits per heavy atom. The number of hydrogen-bond acceptors (Lipinski definition) is 5. The fourth-order valence-electron chi connectivity index (χ4n) is 4.04. The number of hydrogen-bond donors (Lipinski definition) is 2. The Labute approximate surface area is 181 Å². The zero-order valence-corrected chi connectivity index (χ0v) is 17.6. The van der Waals surface area contributed by atoms with Crippen molar-refractivity contribution in [2.24, 2.45) is 0 Å². The molecule has 6 N–H and O–H groups in total. The van der Waals surface area contributed by atoms with Crippen LogP contribution < -0.4 is 0 Å². The zero-order chi connectivity index (χ0) is 18.5. The van der Waals surface area contributed by atoms with E-state index in [2.05, 4.69) is 4.98 Å². The van der Waals surface area contributed by atoms with E-state index in [9.17, 15) is 19.8 Å². The Balaban J connectivity index is 0.00000261. The van der Waals surface area contributed by atoms with Crippen LogP contribution in [-0.4, -0.2) is 73.1 Å². The molecule has 3 heterocycles. The molecular formula is C19H31MnN3O6+2. The fourth-order valence-corrected chi connectivity index (χ4v) is 4.04. The van der Waals surface area contributed by atoms with Crippen LogP contribution in [0.4, 0.5) is 0 Å². The van der Waals surface area contributed by atoms with E-state index in [1.165, 1.54) is 0 Å². The van der Waals surface area contributed by atoms with Gasteiger partial charge in [0.2, 0.25) is 0 Å². The van der Waals surface area contributed by atoms with E-state index in [1.807, 2.05) is 28.0 Å². The van der Waals surface area contributed by atoms with E-state index in [-0.39, 0.29) is 28.0 Å². The molecule has 1 aromatic heterocycles. The van der Waals surface area contributed by atoms with Crippen molar-refractivity contribution in [2.75, 3.05) is 13.1 Å². The van der Waals surface area contributed by atoms with Crippen molar-refractivity contribution in [1.82, 2.24) is 14.8 Å². The van der Waals surface area contributed by atoms with Gasteiger partial charge in [0.25, 0.3) is 0 Å². The molecule has 0 aromatic carbocycles. The Hall–Kier alpha value is -1.55. The van der Waals surface area contributed by atoms with Crippen LogP contribution in [0, 0.1) is 0 Å². The minimum Gasteiger partial charge on any atom is -0.480 e. The van der Waals surface area contributed by atoms with Gasteiger partial charge in [-0.1, -0.05) is 18.9 Å². The summed E-state index contributed by atoms with van der Waals surface area (Å²) in [5, 5.41) is 18.8. The van der Waals surface area contributed by atoms with Crippen molar-refractivity contribution in [1.29, 1.82) is 0 Å². The number of rotatable bonds is 6. The SMILES string of the molecule is O.O.O=C(O)C1CCCCN1Cc1cccc(CN2CCCCC2C(=O)O)n1.[Mn+2]. The number of carbonyl (C=O) groups is 2. The van der Waals surface area contributed by atoms with Crippen molar-refractivity contribution < 1.29 is 47.8 Å². The first-order chi connectivity index (χ1) is 12.5. The quantitative estimate of drug-likeness (QED) is 0.588. The maximum atomic E-state index is 11.5. The molecule has 9 nitrogen and oxygen atoms in total. The average molecular weight is 452 g/mol. The number of likely N-dealkylation sites (tertiary alicyclic amines) is 2. The van der Waals surface area contributed by atoms with E-state index >= 15 is 0 Å². The van der Waals surface area contributed by atoms with Crippen molar-refractivity contribution in [2.45, 2.75) is 63.7 Å². The zero-order valence-electron chi connectivity index (χ0n) is 16.4. The van der Waals surface area contributed by atoms with Crippen LogP contribution in [0.2, 0.25) is 0 Å². The maximum absolute atomic E-state index is 11.5. The van der Waals surface area contributed by atoms with Crippen LogP contribution in [0.3, 0.4) is 0 Å². The van der Waals surface area contributed by atoms with Gasteiger partial charge in [0.05, 0.1) is 11.4 Å². The van der Waals surface area contributed by atoms with E-state index in [4.69, 9.17) is 0 Å². The van der Waals surface area contributed by atoms with Gasteiger partial charge >= 0.3 is 29.0 Å². The van der Waals surface area contributed by atoms with Crippen LogP contribution in [0.15, 0.2) is 18.2 Å². The van der Waals surface area contributed by atoms with E-state index in [0.717, 1.165) is 50.2 Å². The molecule has 29 heavy (non-hydrogen) atoms. The van der Waals surface area contributed by atoms with Crippen molar-refractivity contribution in [3.63, 3.8) is 0 Å². The normalized spacial score (nSPS) is 22.5. The van der Waals surface area contributed by atoms with Gasteiger partial charge < -0.3 is 21.2 Å². The number of carboxylic acids is 2. The average Bonchev–Trinajstić information content (AvgIpc) is 2.62. The molecule has 2 aliphatic rings. The summed E-state index contributed by atoms with van der Waals surface area (Å²) in [6, 6.07) is 4.89. The van der Waals surface area contributed by atoms with Crippen molar-refractivity contribution in [3.05, 3.63) is 29.6 Å². The smallest absolute Gasteiger partial charge is 0.480 e.